The molecule has 1 atom stereocenters. The predicted molar refractivity (Wildman–Crippen MR) is 69.0 cm³/mol. The smallest absolute Gasteiger partial charge is 0.161 e. The van der Waals surface area contributed by atoms with E-state index in [1.165, 1.54) is 4.38 Å². The van der Waals surface area contributed by atoms with E-state index in [9.17, 15) is 0 Å². The van der Waals surface area contributed by atoms with E-state index in [1.54, 1.807) is 33.3 Å². The Labute approximate surface area is 96.8 Å². The molecular formula is C5H11IN2S3. The molecule has 0 amide bonds. The molecule has 0 aromatic carbocycles. The van der Waals surface area contributed by atoms with Crippen molar-refractivity contribution in [2.24, 2.45) is 4.99 Å². The standard InChI is InChI=1S/C5H10N2S3.HI/c1-7(2)4-6-5(8-3)10-9-4;/h4H,1-3H3;1H. The summed E-state index contributed by atoms with van der Waals surface area (Å²) in [5.74, 6) is 0. The highest BCUT2D eigenvalue weighted by molar-refractivity contribution is 14.0. The van der Waals surface area contributed by atoms with Crippen LogP contribution in [0.5, 0.6) is 0 Å². The first-order chi connectivity index (χ1) is 4.74. The van der Waals surface area contributed by atoms with Crippen LogP contribution in [0.25, 0.3) is 0 Å². The Kier molecular flexibility index (Phi) is 6.72. The van der Waals surface area contributed by atoms with Gasteiger partial charge in [-0.05, 0) is 41.9 Å². The van der Waals surface area contributed by atoms with E-state index >= 15 is 0 Å². The lowest BCUT2D eigenvalue weighted by atomic mass is 10.9. The van der Waals surface area contributed by atoms with Crippen LogP contribution in [0.1, 0.15) is 0 Å². The molecule has 1 rings (SSSR count). The Balaban J connectivity index is 0.000001000. The van der Waals surface area contributed by atoms with Crippen molar-refractivity contribution in [3.05, 3.63) is 0 Å². The fourth-order valence-corrected chi connectivity index (χ4v) is 3.99. The molecule has 0 spiro atoms. The van der Waals surface area contributed by atoms with Gasteiger partial charge >= 0.3 is 0 Å². The Morgan fingerprint density at radius 3 is 2.45 bits per heavy atom. The van der Waals surface area contributed by atoms with E-state index in [1.807, 2.05) is 14.1 Å². The summed E-state index contributed by atoms with van der Waals surface area (Å²) in [7, 11) is 7.66. The van der Waals surface area contributed by atoms with Crippen LogP contribution in [0.15, 0.2) is 4.99 Å². The van der Waals surface area contributed by atoms with Crippen LogP contribution in [0, 0.1) is 0 Å². The topological polar surface area (TPSA) is 15.6 Å². The van der Waals surface area contributed by atoms with Gasteiger partial charge in [0.25, 0.3) is 0 Å². The molecule has 0 aromatic rings. The molecule has 0 radical (unpaired) electrons. The van der Waals surface area contributed by atoms with Crippen molar-refractivity contribution in [3.63, 3.8) is 0 Å². The summed E-state index contributed by atoms with van der Waals surface area (Å²) < 4.78 is 1.18. The molecule has 0 saturated carbocycles. The highest BCUT2D eigenvalue weighted by Crippen LogP contribution is 2.40. The summed E-state index contributed by atoms with van der Waals surface area (Å²) in [5.41, 5.74) is 0.326. The van der Waals surface area contributed by atoms with Gasteiger partial charge in [-0.1, -0.05) is 0 Å². The largest absolute Gasteiger partial charge is 0.279 e. The van der Waals surface area contributed by atoms with Crippen LogP contribution >= 0.6 is 57.3 Å². The zero-order valence-corrected chi connectivity index (χ0v) is 11.4. The molecule has 11 heavy (non-hydrogen) atoms. The number of aliphatic imine (C=N–C) groups is 1. The average Bonchev–Trinajstić information content (AvgIpc) is 2.34. The van der Waals surface area contributed by atoms with Crippen molar-refractivity contribution < 1.29 is 0 Å². The monoisotopic (exact) mass is 322 g/mol. The van der Waals surface area contributed by atoms with Gasteiger partial charge in [0.2, 0.25) is 0 Å². The molecule has 0 fully saturated rings. The maximum Gasteiger partial charge on any atom is 0.161 e. The zero-order chi connectivity index (χ0) is 7.56. The third kappa shape index (κ3) is 3.75. The highest BCUT2D eigenvalue weighted by atomic mass is 127. The summed E-state index contributed by atoms with van der Waals surface area (Å²) in [5, 5.41) is 0. The fourth-order valence-electron chi connectivity index (χ4n) is 0.506. The molecule has 0 aromatic heterocycles. The van der Waals surface area contributed by atoms with E-state index in [0.717, 1.165) is 0 Å². The van der Waals surface area contributed by atoms with Gasteiger partial charge in [-0.3, -0.25) is 4.90 Å². The van der Waals surface area contributed by atoms with E-state index in [2.05, 4.69) is 16.1 Å². The molecule has 0 bridgehead atoms. The van der Waals surface area contributed by atoms with Crippen LogP contribution in [-0.2, 0) is 0 Å². The minimum absolute atomic E-state index is 0. The van der Waals surface area contributed by atoms with Crippen LogP contribution in [0.2, 0.25) is 0 Å². The predicted octanol–water partition coefficient (Wildman–Crippen LogP) is 2.56. The van der Waals surface area contributed by atoms with Crippen molar-refractivity contribution in [1.82, 2.24) is 4.90 Å². The number of hydrogen-bond acceptors (Lipinski definition) is 5. The lowest BCUT2D eigenvalue weighted by molar-refractivity contribution is 0.395. The van der Waals surface area contributed by atoms with Gasteiger partial charge in [0.05, 0.1) is 0 Å². The van der Waals surface area contributed by atoms with E-state index in [4.69, 9.17) is 0 Å². The van der Waals surface area contributed by atoms with Crippen molar-refractivity contribution in [2.45, 2.75) is 5.50 Å². The minimum atomic E-state index is 0. The molecule has 1 aliphatic rings. The van der Waals surface area contributed by atoms with E-state index in [-0.39, 0.29) is 24.0 Å². The van der Waals surface area contributed by atoms with E-state index in [0.29, 0.717) is 5.50 Å². The second-order valence-corrected chi connectivity index (χ2v) is 5.37. The average molecular weight is 322 g/mol. The molecule has 0 saturated heterocycles. The van der Waals surface area contributed by atoms with Crippen molar-refractivity contribution in [3.8, 4) is 0 Å². The number of thioether (sulfide) groups is 1. The lowest BCUT2D eigenvalue weighted by Gasteiger charge is -2.12. The van der Waals surface area contributed by atoms with Gasteiger partial charge in [0, 0.05) is 0 Å². The van der Waals surface area contributed by atoms with Crippen LogP contribution in [-0.4, -0.2) is 35.1 Å². The number of halogens is 1. The number of nitrogens with zero attached hydrogens (tertiary/aromatic N) is 2. The summed E-state index contributed by atoms with van der Waals surface area (Å²) in [6, 6.07) is 0. The van der Waals surface area contributed by atoms with Gasteiger partial charge in [0.15, 0.2) is 5.50 Å². The molecule has 2 nitrogen and oxygen atoms in total. The fraction of sp³-hybridized carbons (Fsp3) is 0.800. The van der Waals surface area contributed by atoms with Gasteiger partial charge in [0.1, 0.15) is 4.38 Å². The molecule has 66 valence electrons. The number of hydrogen-bond donors (Lipinski definition) is 0. The second-order valence-electron chi connectivity index (χ2n) is 2.07. The summed E-state index contributed by atoms with van der Waals surface area (Å²) in [4.78, 5) is 6.55. The van der Waals surface area contributed by atoms with Crippen LogP contribution in [0.4, 0.5) is 0 Å². The third-order valence-corrected chi connectivity index (χ3v) is 4.88. The highest BCUT2D eigenvalue weighted by Gasteiger charge is 2.19. The Hall–Kier alpha value is 1.41. The first kappa shape index (κ1) is 12.4. The molecule has 1 heterocycles. The molecule has 0 N–H and O–H groups in total. The maximum absolute atomic E-state index is 4.44. The first-order valence-corrected chi connectivity index (χ1v) is 6.29. The third-order valence-electron chi connectivity index (χ3n) is 1.04. The van der Waals surface area contributed by atoms with Crippen LogP contribution in [0.3, 0.4) is 0 Å². The molecule has 0 aliphatic carbocycles. The molecule has 1 aliphatic heterocycles. The van der Waals surface area contributed by atoms with Gasteiger partial charge in [-0.25, -0.2) is 4.99 Å². The molecule has 1 unspecified atom stereocenters. The zero-order valence-electron chi connectivity index (χ0n) is 6.60. The van der Waals surface area contributed by atoms with Gasteiger partial charge in [-0.2, -0.15) is 0 Å². The SMILES string of the molecule is CSC1=NC(N(C)C)SS1.I. The van der Waals surface area contributed by atoms with Gasteiger partial charge in [-0.15, -0.1) is 35.7 Å². The molecule has 6 heteroatoms. The summed E-state index contributed by atoms with van der Waals surface area (Å²) >= 11 is 1.72. The van der Waals surface area contributed by atoms with Crippen LogP contribution < -0.4 is 0 Å². The van der Waals surface area contributed by atoms with Crippen molar-refractivity contribution >= 4 is 61.7 Å². The van der Waals surface area contributed by atoms with Crippen molar-refractivity contribution in [1.29, 1.82) is 0 Å². The van der Waals surface area contributed by atoms with Gasteiger partial charge < -0.3 is 0 Å². The first-order valence-electron chi connectivity index (χ1n) is 2.85. The normalized spacial score (nSPS) is 23.3. The van der Waals surface area contributed by atoms with Crippen molar-refractivity contribution in [2.75, 3.05) is 20.4 Å². The Bertz CT molecular complexity index is 151. The second kappa shape index (κ2) is 5.95. The quantitative estimate of drug-likeness (QED) is 0.544. The number of rotatable bonds is 1. The lowest BCUT2D eigenvalue weighted by Crippen LogP contribution is -2.20. The summed E-state index contributed by atoms with van der Waals surface area (Å²) in [6.07, 6.45) is 2.06. The molecular weight excluding hydrogens is 311 g/mol. The summed E-state index contributed by atoms with van der Waals surface area (Å²) in [6.45, 7) is 0. The van der Waals surface area contributed by atoms with E-state index < -0.39 is 0 Å². The maximum atomic E-state index is 4.44. The Morgan fingerprint density at radius 1 is 1.55 bits per heavy atom. The Morgan fingerprint density at radius 2 is 2.18 bits per heavy atom. The minimum Gasteiger partial charge on any atom is -0.279 e.